The van der Waals surface area contributed by atoms with Crippen LogP contribution in [0.3, 0.4) is 0 Å². The highest BCUT2D eigenvalue weighted by Crippen LogP contribution is 2.15. The van der Waals surface area contributed by atoms with Crippen molar-refractivity contribution >= 4 is 17.3 Å². The van der Waals surface area contributed by atoms with E-state index in [9.17, 15) is 0 Å². The van der Waals surface area contributed by atoms with Crippen molar-refractivity contribution in [2.45, 2.75) is 20.1 Å². The first-order chi connectivity index (χ1) is 8.78. The molecule has 2 rings (SSSR count). The molecule has 0 bridgehead atoms. The maximum Gasteiger partial charge on any atom is 0.246 e. The summed E-state index contributed by atoms with van der Waals surface area (Å²) in [4.78, 5) is 4.19. The first-order valence-corrected chi connectivity index (χ1v) is 6.04. The molecule has 0 saturated carbocycles. The topological polar surface area (TPSA) is 60.2 Å². The molecule has 1 N–H and O–H groups in total. The Kier molecular flexibility index (Phi) is 4.55. The Morgan fingerprint density at radius 2 is 2.33 bits per heavy atom. The zero-order valence-electron chi connectivity index (χ0n) is 10.0. The van der Waals surface area contributed by atoms with Crippen LogP contribution < -0.4 is 5.32 Å². The summed E-state index contributed by atoms with van der Waals surface area (Å²) in [5.41, 5.74) is 0.909. The molecule has 96 valence electrons. The number of ether oxygens (including phenoxy) is 1. The lowest BCUT2D eigenvalue weighted by Gasteiger charge is -2.02. The molecule has 0 aliphatic carbocycles. The predicted molar refractivity (Wildman–Crippen MR) is 68.4 cm³/mol. The van der Waals surface area contributed by atoms with Crippen molar-refractivity contribution in [2.75, 3.05) is 11.9 Å². The Hall–Kier alpha value is -1.59. The second kappa shape index (κ2) is 6.37. The van der Waals surface area contributed by atoms with E-state index in [1.807, 2.05) is 31.2 Å². The van der Waals surface area contributed by atoms with E-state index in [4.69, 9.17) is 20.9 Å². The number of nitrogens with zero attached hydrogens (tertiary/aromatic N) is 2. The van der Waals surface area contributed by atoms with Crippen LogP contribution in [0, 0.1) is 0 Å². The van der Waals surface area contributed by atoms with Crippen molar-refractivity contribution in [1.29, 1.82) is 0 Å². The number of nitrogens with one attached hydrogen (secondary N) is 1. The highest BCUT2D eigenvalue weighted by molar-refractivity contribution is 6.30. The van der Waals surface area contributed by atoms with Gasteiger partial charge in [-0.15, -0.1) is 0 Å². The number of aromatic nitrogens is 2. The summed E-state index contributed by atoms with van der Waals surface area (Å²) in [6, 6.07) is 7.45. The van der Waals surface area contributed by atoms with Gasteiger partial charge in [-0.05, 0) is 25.1 Å². The van der Waals surface area contributed by atoms with Gasteiger partial charge in [-0.2, -0.15) is 4.98 Å². The predicted octanol–water partition coefficient (Wildman–Crippen LogP) is 2.87. The minimum atomic E-state index is 0.372. The Bertz CT molecular complexity index is 502. The van der Waals surface area contributed by atoms with E-state index < -0.39 is 0 Å². The maximum atomic E-state index is 5.88. The molecule has 5 nitrogen and oxygen atoms in total. The van der Waals surface area contributed by atoms with Crippen molar-refractivity contribution in [3.63, 3.8) is 0 Å². The number of benzene rings is 1. The van der Waals surface area contributed by atoms with Crippen LogP contribution >= 0.6 is 11.6 Å². The molecular formula is C12H14ClN3O2. The third kappa shape index (κ3) is 3.72. The van der Waals surface area contributed by atoms with Crippen LogP contribution in [0.15, 0.2) is 28.8 Å². The van der Waals surface area contributed by atoms with Gasteiger partial charge in [0, 0.05) is 17.3 Å². The summed E-state index contributed by atoms with van der Waals surface area (Å²) in [5.74, 6) is 1.07. The summed E-state index contributed by atoms with van der Waals surface area (Å²) in [6.07, 6.45) is 0. The highest BCUT2D eigenvalue weighted by Gasteiger charge is 2.05. The summed E-state index contributed by atoms with van der Waals surface area (Å²) in [5, 5.41) is 7.64. The molecule has 0 spiro atoms. The van der Waals surface area contributed by atoms with E-state index in [-0.39, 0.29) is 0 Å². The van der Waals surface area contributed by atoms with Crippen LogP contribution in [0.5, 0.6) is 0 Å². The second-order valence-electron chi connectivity index (χ2n) is 3.61. The van der Waals surface area contributed by atoms with Crippen molar-refractivity contribution in [3.8, 4) is 0 Å². The number of anilines is 1. The van der Waals surface area contributed by atoms with Gasteiger partial charge in [0.25, 0.3) is 0 Å². The van der Waals surface area contributed by atoms with E-state index in [1.54, 1.807) is 0 Å². The molecule has 0 saturated heterocycles. The van der Waals surface area contributed by atoms with E-state index in [2.05, 4.69) is 15.5 Å². The largest absolute Gasteiger partial charge is 0.376 e. The molecule has 0 amide bonds. The van der Waals surface area contributed by atoms with Gasteiger partial charge in [0.2, 0.25) is 5.89 Å². The highest BCUT2D eigenvalue weighted by atomic mass is 35.5. The van der Waals surface area contributed by atoms with Crippen molar-refractivity contribution in [1.82, 2.24) is 10.1 Å². The van der Waals surface area contributed by atoms with Crippen LogP contribution in [0.4, 0.5) is 5.69 Å². The Labute approximate surface area is 110 Å². The molecule has 1 aromatic heterocycles. The standard InChI is InChI=1S/C12H14ClN3O2/c1-2-17-8-11-15-12(18-16-11)7-14-10-5-3-4-9(13)6-10/h3-6,14H,2,7-8H2,1H3. The first-order valence-electron chi connectivity index (χ1n) is 5.66. The van der Waals surface area contributed by atoms with E-state index >= 15 is 0 Å². The van der Waals surface area contributed by atoms with E-state index in [0.29, 0.717) is 36.5 Å². The van der Waals surface area contributed by atoms with Gasteiger partial charge in [0.05, 0.1) is 6.54 Å². The van der Waals surface area contributed by atoms with Crippen molar-refractivity contribution in [2.24, 2.45) is 0 Å². The fraction of sp³-hybridized carbons (Fsp3) is 0.333. The first kappa shape index (κ1) is 12.9. The fourth-order valence-electron chi connectivity index (χ4n) is 1.39. The molecule has 2 aromatic rings. The molecule has 1 aromatic carbocycles. The van der Waals surface area contributed by atoms with Gasteiger partial charge in [-0.25, -0.2) is 0 Å². The molecule has 0 unspecified atom stereocenters. The van der Waals surface area contributed by atoms with Crippen LogP contribution in [0.25, 0.3) is 0 Å². The van der Waals surface area contributed by atoms with Gasteiger partial charge in [0.15, 0.2) is 5.82 Å². The van der Waals surface area contributed by atoms with Gasteiger partial charge >= 0.3 is 0 Å². The molecular weight excluding hydrogens is 254 g/mol. The molecule has 18 heavy (non-hydrogen) atoms. The van der Waals surface area contributed by atoms with Gasteiger partial charge in [0.1, 0.15) is 6.61 Å². The van der Waals surface area contributed by atoms with Crippen LogP contribution in [-0.4, -0.2) is 16.7 Å². The Balaban J connectivity index is 1.88. The third-order valence-corrected chi connectivity index (χ3v) is 2.45. The zero-order valence-corrected chi connectivity index (χ0v) is 10.8. The molecule has 0 atom stereocenters. The summed E-state index contributed by atoms with van der Waals surface area (Å²) >= 11 is 5.88. The minimum absolute atomic E-state index is 0.372. The number of halogens is 1. The van der Waals surface area contributed by atoms with Crippen molar-refractivity contribution in [3.05, 3.63) is 41.0 Å². The third-order valence-electron chi connectivity index (χ3n) is 2.21. The van der Waals surface area contributed by atoms with Crippen LogP contribution in [0.2, 0.25) is 5.02 Å². The number of hydrogen-bond acceptors (Lipinski definition) is 5. The van der Waals surface area contributed by atoms with E-state index in [0.717, 1.165) is 5.69 Å². The summed E-state index contributed by atoms with van der Waals surface area (Å²) in [7, 11) is 0. The average molecular weight is 268 g/mol. The van der Waals surface area contributed by atoms with Crippen LogP contribution in [-0.2, 0) is 17.9 Å². The fourth-order valence-corrected chi connectivity index (χ4v) is 1.58. The van der Waals surface area contributed by atoms with Crippen molar-refractivity contribution < 1.29 is 9.26 Å². The normalized spacial score (nSPS) is 10.6. The lowest BCUT2D eigenvalue weighted by Crippen LogP contribution is -2.00. The monoisotopic (exact) mass is 267 g/mol. The van der Waals surface area contributed by atoms with Gasteiger partial charge in [-0.1, -0.05) is 22.8 Å². The van der Waals surface area contributed by atoms with Gasteiger partial charge < -0.3 is 14.6 Å². The molecule has 0 aliphatic heterocycles. The Morgan fingerprint density at radius 3 is 3.11 bits per heavy atom. The molecule has 1 heterocycles. The number of hydrogen-bond donors (Lipinski definition) is 1. The van der Waals surface area contributed by atoms with Crippen LogP contribution in [0.1, 0.15) is 18.6 Å². The zero-order chi connectivity index (χ0) is 12.8. The maximum absolute atomic E-state index is 5.88. The second-order valence-corrected chi connectivity index (χ2v) is 4.04. The number of rotatable bonds is 6. The van der Waals surface area contributed by atoms with Gasteiger partial charge in [-0.3, -0.25) is 0 Å². The lowest BCUT2D eigenvalue weighted by molar-refractivity contribution is 0.126. The molecule has 6 heteroatoms. The SMILES string of the molecule is CCOCc1noc(CNc2cccc(Cl)c2)n1. The Morgan fingerprint density at radius 1 is 1.44 bits per heavy atom. The lowest BCUT2D eigenvalue weighted by atomic mass is 10.3. The summed E-state index contributed by atoms with van der Waals surface area (Å²) in [6.45, 7) is 3.38. The quantitative estimate of drug-likeness (QED) is 0.872. The minimum Gasteiger partial charge on any atom is -0.376 e. The molecule has 0 radical (unpaired) electrons. The average Bonchev–Trinajstić information content (AvgIpc) is 2.82. The van der Waals surface area contributed by atoms with E-state index in [1.165, 1.54) is 0 Å². The molecule has 0 fully saturated rings. The summed E-state index contributed by atoms with van der Waals surface area (Å²) < 4.78 is 10.3. The molecule has 0 aliphatic rings. The smallest absolute Gasteiger partial charge is 0.246 e.